The van der Waals surface area contributed by atoms with Gasteiger partial charge in [-0.1, -0.05) is 28.3 Å². The molecule has 0 fully saturated rings. The van der Waals surface area contributed by atoms with Crippen LogP contribution in [0.2, 0.25) is 9.36 Å². The zero-order chi connectivity index (χ0) is 14.0. The summed E-state index contributed by atoms with van der Waals surface area (Å²) >= 11 is 13.0. The van der Waals surface area contributed by atoms with Crippen LogP contribution in [-0.4, -0.2) is 32.6 Å². The maximum absolute atomic E-state index is 12.1. The minimum atomic E-state index is -0.462. The Morgan fingerprint density at radius 2 is 2.21 bits per heavy atom. The first-order chi connectivity index (χ1) is 8.99. The molecule has 0 aliphatic heterocycles. The van der Waals surface area contributed by atoms with Crippen molar-refractivity contribution >= 4 is 46.4 Å². The fourth-order valence-corrected chi connectivity index (χ4v) is 2.61. The summed E-state index contributed by atoms with van der Waals surface area (Å²) in [6.07, 6.45) is -0.139. The Morgan fingerprint density at radius 3 is 2.79 bits per heavy atom. The van der Waals surface area contributed by atoms with Gasteiger partial charge in [-0.2, -0.15) is 5.21 Å². The topological polar surface area (TPSA) is 92.8 Å². The molecule has 0 saturated heterocycles. The highest BCUT2D eigenvalue weighted by Gasteiger charge is 2.24. The lowest BCUT2D eigenvalue weighted by Gasteiger charge is -2.10. The smallest absolute Gasteiger partial charge is 0.272 e. The molecule has 0 saturated carbocycles. The molecule has 2 heterocycles. The Kier molecular flexibility index (Phi) is 4.23. The molecule has 10 heteroatoms. The minimum absolute atomic E-state index is 0.0566. The predicted octanol–water partition coefficient (Wildman–Crippen LogP) is 2.61. The fourth-order valence-electron chi connectivity index (χ4n) is 1.23. The molecule has 2 aromatic rings. The SMILES string of the molecule is CC(C)Oc1c(C(=O)Nc2nn[nH]n2)sc(Cl)c1Cl. The van der Waals surface area contributed by atoms with Crippen LogP contribution in [-0.2, 0) is 0 Å². The number of carbonyl (C=O) groups excluding carboxylic acids is 1. The molecule has 0 bridgehead atoms. The fraction of sp³-hybridized carbons (Fsp3) is 0.333. The van der Waals surface area contributed by atoms with Crippen molar-refractivity contribution < 1.29 is 9.53 Å². The van der Waals surface area contributed by atoms with Crippen LogP contribution >= 0.6 is 34.5 Å². The third kappa shape index (κ3) is 3.14. The van der Waals surface area contributed by atoms with Crippen LogP contribution in [0.4, 0.5) is 5.95 Å². The van der Waals surface area contributed by atoms with Gasteiger partial charge in [-0.3, -0.25) is 10.1 Å². The van der Waals surface area contributed by atoms with E-state index in [4.69, 9.17) is 27.9 Å². The van der Waals surface area contributed by atoms with E-state index < -0.39 is 5.91 Å². The molecule has 0 aliphatic rings. The molecule has 2 aromatic heterocycles. The van der Waals surface area contributed by atoms with Gasteiger partial charge in [-0.05, 0) is 19.1 Å². The Bertz CT molecular complexity index is 584. The number of halogens is 2. The number of nitrogens with zero attached hydrogens (tertiary/aromatic N) is 3. The van der Waals surface area contributed by atoms with Crippen LogP contribution in [0.1, 0.15) is 23.5 Å². The van der Waals surface area contributed by atoms with Crippen molar-refractivity contribution in [3.8, 4) is 5.75 Å². The Balaban J connectivity index is 2.28. The number of hydrogen-bond donors (Lipinski definition) is 2. The quantitative estimate of drug-likeness (QED) is 0.902. The third-order valence-electron chi connectivity index (χ3n) is 1.90. The van der Waals surface area contributed by atoms with Crippen molar-refractivity contribution in [2.45, 2.75) is 20.0 Å². The van der Waals surface area contributed by atoms with E-state index >= 15 is 0 Å². The average Bonchev–Trinajstić information content (AvgIpc) is 2.92. The number of carbonyl (C=O) groups is 1. The summed E-state index contributed by atoms with van der Waals surface area (Å²) in [5.74, 6) is -0.148. The van der Waals surface area contributed by atoms with E-state index in [2.05, 4.69) is 25.9 Å². The summed E-state index contributed by atoms with van der Waals surface area (Å²) < 4.78 is 5.79. The zero-order valence-corrected chi connectivity index (χ0v) is 12.2. The van der Waals surface area contributed by atoms with E-state index in [1.165, 1.54) is 0 Å². The molecule has 0 atom stereocenters. The number of H-pyrrole nitrogens is 1. The lowest BCUT2D eigenvalue weighted by Crippen LogP contribution is -2.14. The first-order valence-corrected chi connectivity index (χ1v) is 6.75. The van der Waals surface area contributed by atoms with Gasteiger partial charge in [0.2, 0.25) is 0 Å². The van der Waals surface area contributed by atoms with E-state index in [0.29, 0.717) is 0 Å². The molecular weight excluding hydrogens is 313 g/mol. The van der Waals surface area contributed by atoms with Gasteiger partial charge < -0.3 is 4.74 Å². The van der Waals surface area contributed by atoms with Crippen LogP contribution in [0.5, 0.6) is 5.75 Å². The minimum Gasteiger partial charge on any atom is -0.488 e. The number of hydrogen-bond acceptors (Lipinski definition) is 6. The second-order valence-electron chi connectivity index (χ2n) is 3.70. The molecule has 0 radical (unpaired) electrons. The number of aromatic amines is 1. The normalized spacial score (nSPS) is 10.8. The van der Waals surface area contributed by atoms with Crippen LogP contribution in [0, 0.1) is 0 Å². The van der Waals surface area contributed by atoms with Crippen molar-refractivity contribution in [3.05, 3.63) is 14.2 Å². The third-order valence-corrected chi connectivity index (χ3v) is 3.85. The number of thiophene rings is 1. The van der Waals surface area contributed by atoms with Gasteiger partial charge in [-0.15, -0.1) is 16.4 Å². The molecule has 0 aromatic carbocycles. The highest BCUT2D eigenvalue weighted by Crippen LogP contribution is 2.43. The van der Waals surface area contributed by atoms with Crippen LogP contribution < -0.4 is 10.1 Å². The number of amides is 1. The largest absolute Gasteiger partial charge is 0.488 e. The molecule has 2 N–H and O–H groups in total. The van der Waals surface area contributed by atoms with E-state index in [0.717, 1.165) is 11.3 Å². The summed E-state index contributed by atoms with van der Waals surface area (Å²) in [4.78, 5) is 12.3. The first kappa shape index (κ1) is 14.0. The van der Waals surface area contributed by atoms with Gasteiger partial charge in [-0.25, -0.2) is 0 Å². The molecule has 0 aliphatic carbocycles. The van der Waals surface area contributed by atoms with Crippen molar-refractivity contribution in [1.29, 1.82) is 0 Å². The molecular formula is C9H9Cl2N5O2S. The van der Waals surface area contributed by atoms with Gasteiger partial charge in [0, 0.05) is 0 Å². The summed E-state index contributed by atoms with van der Waals surface area (Å²) in [6.45, 7) is 3.64. The number of aromatic nitrogens is 4. The van der Waals surface area contributed by atoms with E-state index in [1.807, 2.05) is 13.8 Å². The monoisotopic (exact) mass is 321 g/mol. The number of ether oxygens (including phenoxy) is 1. The number of rotatable bonds is 4. The van der Waals surface area contributed by atoms with E-state index in [-0.39, 0.29) is 32.0 Å². The molecule has 0 spiro atoms. The van der Waals surface area contributed by atoms with Crippen LogP contribution in [0.3, 0.4) is 0 Å². The Hall–Kier alpha value is -1.38. The summed E-state index contributed by atoms with van der Waals surface area (Å²) in [6, 6.07) is 0. The van der Waals surface area contributed by atoms with Crippen molar-refractivity contribution in [2.24, 2.45) is 0 Å². The van der Waals surface area contributed by atoms with Gasteiger partial charge in [0.05, 0.1) is 6.10 Å². The summed E-state index contributed by atoms with van der Waals surface area (Å²) in [5, 5.41) is 15.5. The van der Waals surface area contributed by atoms with Gasteiger partial charge in [0.25, 0.3) is 11.9 Å². The maximum atomic E-state index is 12.1. The Morgan fingerprint density at radius 1 is 1.47 bits per heavy atom. The molecule has 1 amide bonds. The molecule has 19 heavy (non-hydrogen) atoms. The van der Waals surface area contributed by atoms with Crippen molar-refractivity contribution in [1.82, 2.24) is 20.6 Å². The van der Waals surface area contributed by atoms with Crippen molar-refractivity contribution in [3.63, 3.8) is 0 Å². The van der Waals surface area contributed by atoms with Gasteiger partial charge in [0.1, 0.15) is 14.2 Å². The first-order valence-electron chi connectivity index (χ1n) is 5.18. The standard InChI is InChI=1S/C9H9Cl2N5O2S/c1-3(2)18-5-4(10)7(11)19-6(5)8(17)12-9-13-15-16-14-9/h3H,1-2H3,(H2,12,13,14,15,16,17). The number of tetrazole rings is 1. The molecule has 2 rings (SSSR count). The second-order valence-corrected chi connectivity index (χ2v) is 5.70. The average molecular weight is 322 g/mol. The highest BCUT2D eigenvalue weighted by atomic mass is 35.5. The number of nitrogens with one attached hydrogen (secondary N) is 2. The predicted molar refractivity (Wildman–Crippen MR) is 72.2 cm³/mol. The lowest BCUT2D eigenvalue weighted by atomic mass is 10.4. The second kappa shape index (κ2) is 5.72. The molecule has 102 valence electrons. The summed E-state index contributed by atoms with van der Waals surface area (Å²) in [7, 11) is 0. The maximum Gasteiger partial charge on any atom is 0.272 e. The zero-order valence-electron chi connectivity index (χ0n) is 9.90. The summed E-state index contributed by atoms with van der Waals surface area (Å²) in [5.41, 5.74) is 0. The van der Waals surface area contributed by atoms with Crippen LogP contribution in [0.15, 0.2) is 0 Å². The van der Waals surface area contributed by atoms with E-state index in [9.17, 15) is 4.79 Å². The van der Waals surface area contributed by atoms with E-state index in [1.54, 1.807) is 0 Å². The van der Waals surface area contributed by atoms with Crippen LogP contribution in [0.25, 0.3) is 0 Å². The van der Waals surface area contributed by atoms with Gasteiger partial charge in [0.15, 0.2) is 5.75 Å². The van der Waals surface area contributed by atoms with Gasteiger partial charge >= 0.3 is 0 Å². The number of anilines is 1. The highest BCUT2D eigenvalue weighted by molar-refractivity contribution is 7.19. The van der Waals surface area contributed by atoms with Crippen molar-refractivity contribution in [2.75, 3.05) is 5.32 Å². The molecule has 0 unspecified atom stereocenters. The lowest BCUT2D eigenvalue weighted by molar-refractivity contribution is 0.102. The molecule has 7 nitrogen and oxygen atoms in total. The Labute approximate surface area is 122 Å².